The first-order chi connectivity index (χ1) is 2.83. The van der Waals surface area contributed by atoms with Gasteiger partial charge in [0.15, 0.2) is 0 Å². The third-order valence-corrected chi connectivity index (χ3v) is 0. The maximum Gasteiger partial charge on any atom is 1.00 e. The van der Waals surface area contributed by atoms with Gasteiger partial charge in [-0.15, -0.1) is 10.7 Å². The van der Waals surface area contributed by atoms with Crippen LogP contribution in [-0.2, 0) is 22.4 Å². The number of hydrogen-bond donors (Lipinski definition) is 0. The first-order valence-corrected chi connectivity index (χ1v) is 0.730. The van der Waals surface area contributed by atoms with Gasteiger partial charge >= 0.3 is 51.9 Å². The summed E-state index contributed by atoms with van der Waals surface area (Å²) in [5, 5.41) is 18.0. The molecule has 0 heterocycles. The first-order valence-electron chi connectivity index (χ1n) is 0.730. The summed E-state index contributed by atoms with van der Waals surface area (Å²) in [5.41, 5.74) is 0. The van der Waals surface area contributed by atoms with Crippen molar-refractivity contribution >= 4 is 0 Å². The Morgan fingerprint density at radius 2 is 1.00 bits per heavy atom. The van der Waals surface area contributed by atoms with Crippen LogP contribution in [0.3, 0.4) is 0 Å². The third-order valence-electron chi connectivity index (χ3n) is 0. The zero-order valence-corrected chi connectivity index (χ0v) is 7.31. The summed E-state index contributed by atoms with van der Waals surface area (Å²) < 4.78 is 0. The molecule has 46 valence electrons. The van der Waals surface area contributed by atoms with E-state index in [2.05, 4.69) is 0 Å². The first kappa shape index (κ1) is 23.6. The summed E-state index contributed by atoms with van der Waals surface area (Å²) in [6, 6.07) is 0. The molecule has 0 saturated heterocycles. The molecule has 0 rings (SSSR count). The van der Waals surface area contributed by atoms with Crippen molar-refractivity contribution in [3.8, 4) is 0 Å². The van der Waals surface area contributed by atoms with Crippen molar-refractivity contribution in [1.29, 1.82) is 0 Å². The van der Waals surface area contributed by atoms with Crippen LogP contribution in [-0.4, -0.2) is 0 Å². The molecular weight excluding hydrogens is 223 g/mol. The van der Waals surface area contributed by atoms with E-state index in [4.69, 9.17) is 20.2 Å². The Kier molecular flexibility index (Phi) is 147. The van der Waals surface area contributed by atoms with Crippen LogP contribution in [0.1, 0.15) is 0 Å². The molecule has 8 heteroatoms. The zero-order valence-electron chi connectivity index (χ0n) is 3.83. The molecule has 0 spiro atoms. The second kappa shape index (κ2) is 50.0. The van der Waals surface area contributed by atoms with E-state index < -0.39 is 0 Å². The van der Waals surface area contributed by atoms with Crippen LogP contribution in [0.4, 0.5) is 0 Å². The summed E-state index contributed by atoms with van der Waals surface area (Å²) >= 11 is 0. The Bertz CT molecular complexity index is 35.0. The Hall–Kier alpha value is 0.540. The molecule has 0 aliphatic carbocycles. The fourth-order valence-electron chi connectivity index (χ4n) is 0. The predicted octanol–water partition coefficient (Wildman–Crippen LogP) is -2.50. The second-order valence-electron chi connectivity index (χ2n) is 0.149. The molecule has 0 saturated carbocycles. The van der Waals surface area contributed by atoms with Crippen molar-refractivity contribution in [1.82, 2.24) is 0 Å². The van der Waals surface area contributed by atoms with E-state index >= 15 is 0 Å². The molecule has 0 aliphatic heterocycles. The Labute approximate surface area is 82.3 Å². The van der Waals surface area contributed by atoms with Gasteiger partial charge in [0.2, 0.25) is 0 Å². The van der Waals surface area contributed by atoms with Crippen molar-refractivity contribution in [2.45, 2.75) is 0 Å². The van der Waals surface area contributed by atoms with E-state index in [1.807, 2.05) is 0 Å². The molecule has 0 aromatic rings. The summed E-state index contributed by atoms with van der Waals surface area (Å²) in [5.74, 6) is 0. The molecule has 0 aromatic carbocycles. The molecule has 0 N–H and O–H groups in total. The quantitative estimate of drug-likeness (QED) is 0.257. The molecule has 0 bridgehead atoms. The number of hydrogen-bond acceptors (Lipinski definition) is 6. The summed E-state index contributed by atoms with van der Waals surface area (Å²) in [7, 11) is 0. The summed E-state index contributed by atoms with van der Waals surface area (Å²) in [6.07, 6.45) is 0. The maximum atomic E-state index is 8.00. The van der Waals surface area contributed by atoms with Crippen LogP contribution >= 0.6 is 0 Å². The van der Waals surface area contributed by atoms with Crippen LogP contribution < -0.4 is 29.6 Å². The van der Waals surface area contributed by atoms with Crippen LogP contribution in [0, 0.1) is 20.2 Å². The summed E-state index contributed by atoms with van der Waals surface area (Å²) in [6.45, 7) is 0. The van der Waals surface area contributed by atoms with Gasteiger partial charge in [-0.2, -0.15) is 0 Å². The molecule has 0 aromatic heterocycles. The molecule has 0 amide bonds. The van der Waals surface area contributed by atoms with Crippen molar-refractivity contribution < 1.29 is 51.9 Å². The van der Waals surface area contributed by atoms with Crippen molar-refractivity contribution in [3.63, 3.8) is 0 Å². The van der Waals surface area contributed by atoms with E-state index in [-0.39, 0.29) is 51.9 Å². The Balaban J connectivity index is -0.0000000160. The van der Waals surface area contributed by atoms with E-state index in [0.29, 0.717) is 0 Å². The summed E-state index contributed by atoms with van der Waals surface area (Å²) in [4.78, 5) is 16.0. The van der Waals surface area contributed by atoms with E-state index in [0.717, 1.165) is 10.7 Å². The topological polar surface area (TPSA) is 105 Å². The molecule has 0 fully saturated rings. The van der Waals surface area contributed by atoms with E-state index in [1.165, 1.54) is 0 Å². The van der Waals surface area contributed by atoms with Gasteiger partial charge in [-0.3, -0.25) is 0 Å². The van der Waals surface area contributed by atoms with Crippen LogP contribution in [0.15, 0.2) is 10.7 Å². The van der Waals surface area contributed by atoms with Crippen LogP contribution in [0.2, 0.25) is 0 Å². The fraction of sp³-hybridized carbons (Fsp3) is 0. The molecule has 6 nitrogen and oxygen atoms in total. The normalized spacial score (nSPS) is 3.00. The molecule has 0 atom stereocenters. The van der Waals surface area contributed by atoms with Gasteiger partial charge in [0, 0.05) is 0 Å². The Morgan fingerprint density at radius 1 is 1.00 bits per heavy atom. The van der Waals surface area contributed by atoms with Crippen LogP contribution in [0.5, 0.6) is 0 Å². The van der Waals surface area contributed by atoms with Gasteiger partial charge in [0.05, 0.1) is 0 Å². The minimum atomic E-state index is 0. The van der Waals surface area contributed by atoms with Gasteiger partial charge in [-0.25, -0.2) is 0 Å². The molecule has 0 radical (unpaired) electrons. The Morgan fingerprint density at radius 3 is 1.00 bits per heavy atom. The maximum absolute atomic E-state index is 8.00. The SMILES string of the molecule is O=N[O-].O=N[O-].[Ag+].[Na+]. The largest absolute Gasteiger partial charge is 1.00 e. The minimum absolute atomic E-state index is 0. The van der Waals surface area contributed by atoms with Crippen molar-refractivity contribution in [2.24, 2.45) is 10.7 Å². The van der Waals surface area contributed by atoms with E-state index in [9.17, 15) is 0 Å². The van der Waals surface area contributed by atoms with Gasteiger partial charge < -0.3 is 20.2 Å². The average molecular weight is 223 g/mol. The molecule has 8 heavy (non-hydrogen) atoms. The van der Waals surface area contributed by atoms with Gasteiger partial charge in [-0.1, -0.05) is 0 Å². The van der Waals surface area contributed by atoms with Gasteiger partial charge in [0.1, 0.15) is 0 Å². The monoisotopic (exact) mass is 222 g/mol. The van der Waals surface area contributed by atoms with Gasteiger partial charge in [0.25, 0.3) is 0 Å². The van der Waals surface area contributed by atoms with Crippen LogP contribution in [0.25, 0.3) is 0 Å². The van der Waals surface area contributed by atoms with Crippen molar-refractivity contribution in [3.05, 3.63) is 20.2 Å². The molecule has 0 aliphatic rings. The fourth-order valence-corrected chi connectivity index (χ4v) is 0. The second-order valence-corrected chi connectivity index (χ2v) is 0.149. The molecular formula is AgN2NaO4. The van der Waals surface area contributed by atoms with Crippen molar-refractivity contribution in [2.75, 3.05) is 0 Å². The average Bonchev–Trinajstić information content (AvgIpc) is 1.39. The number of nitrogens with zero attached hydrogens (tertiary/aromatic N) is 2. The van der Waals surface area contributed by atoms with E-state index in [1.54, 1.807) is 0 Å². The zero-order chi connectivity index (χ0) is 5.41. The minimum Gasteiger partial charge on any atom is -0.444 e. The standard InChI is InChI=1S/Ag.2HNO2.Na/c;2*2-1-3;/h;2*(H,2,3);/q+1;;;+1/p-2. The molecule has 0 unspecified atom stereocenters. The third kappa shape index (κ3) is 688. The smallest absolute Gasteiger partial charge is 0.444 e. The predicted molar refractivity (Wildman–Crippen MR) is 18.3 cm³/mol. The number of rotatable bonds is 0. The van der Waals surface area contributed by atoms with Gasteiger partial charge in [-0.05, 0) is 0 Å².